The van der Waals surface area contributed by atoms with Gasteiger partial charge in [-0.05, 0) is 24.8 Å². The van der Waals surface area contributed by atoms with Crippen molar-refractivity contribution in [3.8, 4) is 0 Å². The van der Waals surface area contributed by atoms with Gasteiger partial charge in [0, 0.05) is 26.0 Å². The molecule has 0 aliphatic carbocycles. The Morgan fingerprint density at radius 3 is 2.92 bits per heavy atom. The van der Waals surface area contributed by atoms with E-state index in [9.17, 15) is 4.79 Å². The molecule has 126 valence electrons. The Hall–Kier alpha value is -2.14. The number of benzene rings is 1. The number of hydrogen-bond donors (Lipinski definition) is 0. The number of nitrogens with zero attached hydrogens (tertiary/aromatic N) is 2. The molecule has 1 unspecified atom stereocenters. The van der Waals surface area contributed by atoms with Gasteiger partial charge in [-0.3, -0.25) is 4.79 Å². The summed E-state index contributed by atoms with van der Waals surface area (Å²) in [6.07, 6.45) is 4.00. The predicted molar refractivity (Wildman–Crippen MR) is 88.4 cm³/mol. The van der Waals surface area contributed by atoms with E-state index in [4.69, 9.17) is 9.15 Å². The standard InChI is InChI=1S/C19H22N2O3/c22-19(17-7-4-12-23-17)21-11-10-16-15(13-21)20-18(24-16)9-8-14-5-2-1-3-6-14/h1-3,5-6,17H,4,7-13H2. The lowest BCUT2D eigenvalue weighted by atomic mass is 10.1. The third-order valence-corrected chi connectivity index (χ3v) is 4.76. The van der Waals surface area contributed by atoms with E-state index >= 15 is 0 Å². The van der Waals surface area contributed by atoms with Gasteiger partial charge in [0.05, 0.1) is 6.54 Å². The van der Waals surface area contributed by atoms with Crippen LogP contribution in [0.25, 0.3) is 0 Å². The van der Waals surface area contributed by atoms with E-state index < -0.39 is 0 Å². The van der Waals surface area contributed by atoms with Crippen LogP contribution in [0.5, 0.6) is 0 Å². The molecule has 2 aliphatic rings. The first kappa shape index (κ1) is 15.4. The van der Waals surface area contributed by atoms with E-state index in [1.807, 2.05) is 23.1 Å². The average molecular weight is 326 g/mol. The Kier molecular flexibility index (Phi) is 4.34. The van der Waals surface area contributed by atoms with Crippen molar-refractivity contribution in [2.45, 2.75) is 44.8 Å². The minimum Gasteiger partial charge on any atom is -0.445 e. The maximum absolute atomic E-state index is 12.5. The number of aromatic nitrogens is 1. The molecule has 1 fully saturated rings. The smallest absolute Gasteiger partial charge is 0.252 e. The molecule has 0 radical (unpaired) electrons. The highest BCUT2D eigenvalue weighted by Gasteiger charge is 2.32. The highest BCUT2D eigenvalue weighted by atomic mass is 16.5. The molecule has 4 rings (SSSR count). The lowest BCUT2D eigenvalue weighted by Gasteiger charge is -2.27. The number of fused-ring (bicyclic) bond motifs is 1. The van der Waals surface area contributed by atoms with E-state index in [0.717, 1.165) is 49.4 Å². The van der Waals surface area contributed by atoms with Gasteiger partial charge in [-0.1, -0.05) is 30.3 Å². The van der Waals surface area contributed by atoms with Crippen molar-refractivity contribution in [1.82, 2.24) is 9.88 Å². The first-order chi connectivity index (χ1) is 11.8. The Balaban J connectivity index is 1.39. The second-order valence-corrected chi connectivity index (χ2v) is 6.47. The van der Waals surface area contributed by atoms with Crippen molar-refractivity contribution in [1.29, 1.82) is 0 Å². The van der Waals surface area contributed by atoms with Crippen LogP contribution in [0.4, 0.5) is 0 Å². The summed E-state index contributed by atoms with van der Waals surface area (Å²) < 4.78 is 11.4. The van der Waals surface area contributed by atoms with E-state index in [1.165, 1.54) is 5.56 Å². The molecule has 0 N–H and O–H groups in total. The van der Waals surface area contributed by atoms with Crippen LogP contribution < -0.4 is 0 Å². The fourth-order valence-electron chi connectivity index (χ4n) is 3.42. The van der Waals surface area contributed by atoms with Gasteiger partial charge in [0.1, 0.15) is 17.6 Å². The zero-order valence-electron chi connectivity index (χ0n) is 13.7. The van der Waals surface area contributed by atoms with Crippen molar-refractivity contribution < 1.29 is 13.9 Å². The van der Waals surface area contributed by atoms with E-state index in [0.29, 0.717) is 19.7 Å². The monoisotopic (exact) mass is 326 g/mol. The molecule has 1 atom stereocenters. The summed E-state index contributed by atoms with van der Waals surface area (Å²) in [6, 6.07) is 10.3. The largest absolute Gasteiger partial charge is 0.445 e. The van der Waals surface area contributed by atoms with E-state index in [-0.39, 0.29) is 12.0 Å². The fourth-order valence-corrected chi connectivity index (χ4v) is 3.42. The molecule has 1 amide bonds. The average Bonchev–Trinajstić information content (AvgIpc) is 3.29. The third kappa shape index (κ3) is 3.22. The second kappa shape index (κ2) is 6.77. The highest BCUT2D eigenvalue weighted by molar-refractivity contribution is 5.81. The summed E-state index contributed by atoms with van der Waals surface area (Å²) in [4.78, 5) is 19.0. The molecular formula is C19H22N2O3. The zero-order chi connectivity index (χ0) is 16.4. The number of hydrogen-bond acceptors (Lipinski definition) is 4. The van der Waals surface area contributed by atoms with Gasteiger partial charge >= 0.3 is 0 Å². The summed E-state index contributed by atoms with van der Waals surface area (Å²) in [5, 5.41) is 0. The summed E-state index contributed by atoms with van der Waals surface area (Å²) in [5.74, 6) is 1.82. The second-order valence-electron chi connectivity index (χ2n) is 6.47. The van der Waals surface area contributed by atoms with Crippen molar-refractivity contribution in [3.63, 3.8) is 0 Å². The molecule has 1 saturated heterocycles. The van der Waals surface area contributed by atoms with Crippen LogP contribution in [0.3, 0.4) is 0 Å². The number of oxazole rings is 1. The van der Waals surface area contributed by atoms with E-state index in [1.54, 1.807) is 0 Å². The Morgan fingerprint density at radius 1 is 1.25 bits per heavy atom. The van der Waals surface area contributed by atoms with Crippen molar-refractivity contribution in [3.05, 3.63) is 53.2 Å². The van der Waals surface area contributed by atoms with Crippen LogP contribution in [-0.4, -0.2) is 35.0 Å². The molecule has 1 aromatic carbocycles. The van der Waals surface area contributed by atoms with Crippen LogP contribution in [0, 0.1) is 0 Å². The van der Waals surface area contributed by atoms with Crippen LogP contribution in [0.1, 0.15) is 35.7 Å². The van der Waals surface area contributed by atoms with Crippen LogP contribution in [0.15, 0.2) is 34.7 Å². The number of aryl methyl sites for hydroxylation is 2. The maximum Gasteiger partial charge on any atom is 0.252 e. The molecule has 2 aliphatic heterocycles. The number of ether oxygens (including phenoxy) is 1. The van der Waals surface area contributed by atoms with Crippen LogP contribution >= 0.6 is 0 Å². The number of carbonyl (C=O) groups is 1. The molecule has 2 aromatic rings. The minimum absolute atomic E-state index is 0.104. The lowest BCUT2D eigenvalue weighted by molar-refractivity contribution is -0.142. The van der Waals surface area contributed by atoms with Gasteiger partial charge in [0.25, 0.3) is 5.91 Å². The molecule has 3 heterocycles. The molecule has 5 nitrogen and oxygen atoms in total. The Labute approximate surface area is 141 Å². The van der Waals surface area contributed by atoms with Crippen molar-refractivity contribution in [2.75, 3.05) is 13.2 Å². The van der Waals surface area contributed by atoms with Crippen molar-refractivity contribution in [2.24, 2.45) is 0 Å². The van der Waals surface area contributed by atoms with Gasteiger partial charge in [0.15, 0.2) is 5.89 Å². The Bertz CT molecular complexity index is 705. The minimum atomic E-state index is -0.254. The summed E-state index contributed by atoms with van der Waals surface area (Å²) in [6.45, 7) is 1.94. The topological polar surface area (TPSA) is 55.6 Å². The lowest BCUT2D eigenvalue weighted by Crippen LogP contribution is -2.41. The van der Waals surface area contributed by atoms with Gasteiger partial charge in [0.2, 0.25) is 0 Å². The number of rotatable bonds is 4. The molecule has 0 spiro atoms. The molecule has 0 bridgehead atoms. The molecule has 0 saturated carbocycles. The normalized spacial score (nSPS) is 20.2. The molecular weight excluding hydrogens is 304 g/mol. The highest BCUT2D eigenvalue weighted by Crippen LogP contribution is 2.23. The number of amides is 1. The van der Waals surface area contributed by atoms with E-state index in [2.05, 4.69) is 17.1 Å². The third-order valence-electron chi connectivity index (χ3n) is 4.76. The fraction of sp³-hybridized carbons (Fsp3) is 0.474. The quantitative estimate of drug-likeness (QED) is 0.866. The first-order valence-electron chi connectivity index (χ1n) is 8.71. The van der Waals surface area contributed by atoms with Crippen LogP contribution in [-0.2, 0) is 35.3 Å². The van der Waals surface area contributed by atoms with Gasteiger partial charge < -0.3 is 14.1 Å². The first-order valence-corrected chi connectivity index (χ1v) is 8.71. The molecule has 24 heavy (non-hydrogen) atoms. The summed E-state index contributed by atoms with van der Waals surface area (Å²) in [5.41, 5.74) is 2.19. The van der Waals surface area contributed by atoms with Gasteiger partial charge in [-0.15, -0.1) is 0 Å². The zero-order valence-corrected chi connectivity index (χ0v) is 13.7. The van der Waals surface area contributed by atoms with Gasteiger partial charge in [-0.2, -0.15) is 0 Å². The molecule has 1 aromatic heterocycles. The predicted octanol–water partition coefficient (Wildman–Crippen LogP) is 2.52. The van der Waals surface area contributed by atoms with Crippen LogP contribution in [0.2, 0.25) is 0 Å². The summed E-state index contributed by atoms with van der Waals surface area (Å²) >= 11 is 0. The molecule has 5 heteroatoms. The summed E-state index contributed by atoms with van der Waals surface area (Å²) in [7, 11) is 0. The van der Waals surface area contributed by atoms with Gasteiger partial charge in [-0.25, -0.2) is 4.98 Å². The SMILES string of the molecule is O=C(C1CCCO1)N1CCc2oc(CCc3ccccc3)nc2C1. The maximum atomic E-state index is 12.5. The Morgan fingerprint density at radius 2 is 2.12 bits per heavy atom. The van der Waals surface area contributed by atoms with Crippen molar-refractivity contribution >= 4 is 5.91 Å². The number of carbonyl (C=O) groups excluding carboxylic acids is 1.